The summed E-state index contributed by atoms with van der Waals surface area (Å²) in [6, 6.07) is 19.4. The van der Waals surface area contributed by atoms with Crippen LogP contribution < -0.4 is 13.9 Å². The molecule has 4 aromatic rings. The molecule has 0 aliphatic heterocycles. The lowest BCUT2D eigenvalue weighted by molar-refractivity contribution is -0.596. The van der Waals surface area contributed by atoms with Crippen molar-refractivity contribution in [1.82, 2.24) is 0 Å². The second-order valence-electron chi connectivity index (χ2n) is 7.91. The Balaban J connectivity index is 1.70. The number of benzene rings is 2. The van der Waals surface area contributed by atoms with E-state index in [4.69, 9.17) is 4.74 Å². The molecule has 2 aromatic heterocycles. The Morgan fingerprint density at radius 3 is 1.70 bits per heavy atom. The number of pyridine rings is 2. The van der Waals surface area contributed by atoms with E-state index in [9.17, 15) is 0 Å². The zero-order valence-electron chi connectivity index (χ0n) is 18.3. The van der Waals surface area contributed by atoms with E-state index in [-0.39, 0.29) is 0 Å². The minimum absolute atomic E-state index is 0.849. The molecule has 3 heteroatoms. The second-order valence-corrected chi connectivity index (χ2v) is 7.91. The molecule has 0 amide bonds. The van der Waals surface area contributed by atoms with Crippen molar-refractivity contribution in [2.24, 2.45) is 0 Å². The summed E-state index contributed by atoms with van der Waals surface area (Å²) >= 11 is 0. The summed E-state index contributed by atoms with van der Waals surface area (Å²) < 4.78 is 10.0. The number of rotatable bonds is 4. The lowest BCUT2D eigenvalue weighted by Gasteiger charge is -2.08. The molecule has 0 unspecified atom stereocenters. The van der Waals surface area contributed by atoms with Gasteiger partial charge in [0, 0.05) is 47.0 Å². The van der Waals surface area contributed by atoms with Crippen LogP contribution in [0.1, 0.15) is 22.3 Å². The maximum Gasteiger partial charge on any atom is 0.217 e. The van der Waals surface area contributed by atoms with Crippen LogP contribution in [0.4, 0.5) is 0 Å². The van der Waals surface area contributed by atoms with Gasteiger partial charge in [-0.2, -0.15) is 9.13 Å². The quantitative estimate of drug-likeness (QED) is 0.436. The van der Waals surface area contributed by atoms with Gasteiger partial charge in [-0.05, 0) is 45.4 Å². The second kappa shape index (κ2) is 8.11. The summed E-state index contributed by atoms with van der Waals surface area (Å²) in [6.45, 7) is 8.52. The Morgan fingerprint density at radius 1 is 0.633 bits per heavy atom. The normalized spacial score (nSPS) is 10.8. The summed E-state index contributed by atoms with van der Waals surface area (Å²) in [5.41, 5.74) is 9.60. The van der Waals surface area contributed by atoms with Gasteiger partial charge in [0.05, 0.1) is 7.11 Å². The van der Waals surface area contributed by atoms with Crippen molar-refractivity contribution in [2.75, 3.05) is 7.11 Å². The summed E-state index contributed by atoms with van der Waals surface area (Å²) in [5, 5.41) is 0. The monoisotopic (exact) mass is 396 g/mol. The van der Waals surface area contributed by atoms with Crippen LogP contribution in [0.3, 0.4) is 0 Å². The topological polar surface area (TPSA) is 17.0 Å². The van der Waals surface area contributed by atoms with Crippen LogP contribution in [0.25, 0.3) is 22.5 Å². The van der Waals surface area contributed by atoms with Gasteiger partial charge in [0.1, 0.15) is 0 Å². The molecule has 2 heterocycles. The van der Waals surface area contributed by atoms with E-state index in [0.29, 0.717) is 0 Å². The molecule has 0 aliphatic carbocycles. The average Bonchev–Trinajstić information content (AvgIpc) is 2.74. The number of aromatic nitrogens is 2. The van der Waals surface area contributed by atoms with Crippen LogP contribution >= 0.6 is 0 Å². The first-order valence-electron chi connectivity index (χ1n) is 10.2. The van der Waals surface area contributed by atoms with E-state index in [0.717, 1.165) is 22.6 Å². The minimum atomic E-state index is 0.849. The number of nitrogens with zero attached hydrogens (tertiary/aromatic N) is 2. The van der Waals surface area contributed by atoms with E-state index in [2.05, 4.69) is 116 Å². The van der Waals surface area contributed by atoms with E-state index in [1.807, 2.05) is 0 Å². The molecular weight excluding hydrogens is 368 g/mol. The van der Waals surface area contributed by atoms with Gasteiger partial charge in [-0.3, -0.25) is 0 Å². The first-order valence-corrected chi connectivity index (χ1v) is 10.2. The molecule has 0 N–H and O–H groups in total. The molecule has 0 atom stereocenters. The Bertz CT molecular complexity index is 1210. The lowest BCUT2D eigenvalue weighted by atomic mass is 10.1. The first kappa shape index (κ1) is 19.8. The number of hydrogen-bond donors (Lipinski definition) is 0. The third-order valence-electron chi connectivity index (χ3n) is 5.54. The van der Waals surface area contributed by atoms with Crippen LogP contribution in [0.2, 0.25) is 0 Å². The van der Waals surface area contributed by atoms with Crippen LogP contribution in [0.15, 0.2) is 79.4 Å². The van der Waals surface area contributed by atoms with Gasteiger partial charge in [-0.15, -0.1) is 0 Å². The third-order valence-corrected chi connectivity index (χ3v) is 5.54. The van der Waals surface area contributed by atoms with Gasteiger partial charge >= 0.3 is 0 Å². The van der Waals surface area contributed by atoms with Crippen molar-refractivity contribution in [3.8, 4) is 28.3 Å². The van der Waals surface area contributed by atoms with Gasteiger partial charge < -0.3 is 4.74 Å². The fourth-order valence-corrected chi connectivity index (χ4v) is 3.98. The summed E-state index contributed by atoms with van der Waals surface area (Å²) in [4.78, 5) is 0. The highest BCUT2D eigenvalue weighted by molar-refractivity contribution is 5.68. The zero-order valence-corrected chi connectivity index (χ0v) is 18.3. The van der Waals surface area contributed by atoms with Crippen molar-refractivity contribution in [3.63, 3.8) is 0 Å². The molecular formula is C27H28N2O+2. The highest BCUT2D eigenvalue weighted by atomic mass is 16.5. The Kier molecular flexibility index (Phi) is 5.37. The van der Waals surface area contributed by atoms with E-state index < -0.39 is 0 Å². The first-order chi connectivity index (χ1) is 14.5. The molecule has 0 fully saturated rings. The number of ether oxygens (including phenoxy) is 1. The van der Waals surface area contributed by atoms with Gasteiger partial charge in [0.15, 0.2) is 24.3 Å². The van der Waals surface area contributed by atoms with Crippen LogP contribution in [-0.2, 0) is 0 Å². The highest BCUT2D eigenvalue weighted by Gasteiger charge is 2.17. The zero-order chi connectivity index (χ0) is 21.3. The van der Waals surface area contributed by atoms with Crippen LogP contribution in [0, 0.1) is 27.7 Å². The molecule has 0 spiro atoms. The van der Waals surface area contributed by atoms with E-state index >= 15 is 0 Å². The SMILES string of the molecule is COc1c[n+](-c2ccc(C)cc2C)ccc1-c1cc[n+](-c2ccc(C)cc2C)cc1. The average molecular weight is 397 g/mol. The molecule has 3 nitrogen and oxygen atoms in total. The van der Waals surface area contributed by atoms with Crippen LogP contribution in [0.5, 0.6) is 5.75 Å². The Morgan fingerprint density at radius 2 is 1.17 bits per heavy atom. The van der Waals surface area contributed by atoms with E-state index in [1.165, 1.54) is 27.9 Å². The van der Waals surface area contributed by atoms with Crippen molar-refractivity contribution >= 4 is 0 Å². The minimum Gasteiger partial charge on any atom is -0.490 e. The molecule has 0 bridgehead atoms. The largest absolute Gasteiger partial charge is 0.490 e. The Hall–Kier alpha value is -3.46. The summed E-state index contributed by atoms with van der Waals surface area (Å²) in [7, 11) is 1.73. The van der Waals surface area contributed by atoms with Gasteiger partial charge in [0.25, 0.3) is 0 Å². The molecule has 30 heavy (non-hydrogen) atoms. The maximum absolute atomic E-state index is 5.75. The number of methoxy groups -OCH3 is 1. The fraction of sp³-hybridized carbons (Fsp3) is 0.185. The van der Waals surface area contributed by atoms with E-state index in [1.54, 1.807) is 7.11 Å². The van der Waals surface area contributed by atoms with Gasteiger partial charge in [0.2, 0.25) is 17.6 Å². The maximum atomic E-state index is 5.75. The van der Waals surface area contributed by atoms with Crippen LogP contribution in [-0.4, -0.2) is 7.11 Å². The molecule has 0 radical (unpaired) electrons. The smallest absolute Gasteiger partial charge is 0.217 e. The van der Waals surface area contributed by atoms with Crippen molar-refractivity contribution in [3.05, 3.63) is 102 Å². The highest BCUT2D eigenvalue weighted by Crippen LogP contribution is 2.28. The Labute approximate surface area is 178 Å². The molecule has 0 saturated carbocycles. The molecule has 0 saturated heterocycles. The van der Waals surface area contributed by atoms with Crippen molar-refractivity contribution in [1.29, 1.82) is 0 Å². The molecule has 150 valence electrons. The predicted octanol–water partition coefficient (Wildman–Crippen LogP) is 5.15. The van der Waals surface area contributed by atoms with Crippen molar-refractivity contribution < 1.29 is 13.9 Å². The fourth-order valence-electron chi connectivity index (χ4n) is 3.98. The van der Waals surface area contributed by atoms with Gasteiger partial charge in [-0.1, -0.05) is 23.3 Å². The molecule has 2 aromatic carbocycles. The lowest BCUT2D eigenvalue weighted by Crippen LogP contribution is -2.31. The summed E-state index contributed by atoms with van der Waals surface area (Å²) in [5.74, 6) is 0.849. The molecule has 4 rings (SSSR count). The molecule has 0 aliphatic rings. The summed E-state index contributed by atoms with van der Waals surface area (Å²) in [6.07, 6.45) is 8.37. The van der Waals surface area contributed by atoms with Crippen molar-refractivity contribution in [2.45, 2.75) is 27.7 Å². The van der Waals surface area contributed by atoms with Gasteiger partial charge in [-0.25, -0.2) is 0 Å². The standard InChI is InChI=1S/C27H28N2O/c1-19-6-8-25(21(3)16-19)28-13-10-23(11-14-28)24-12-15-29(18-27(24)30-5)26-9-7-20(2)17-22(26)4/h6-18H,1-5H3/q+2. The number of aryl methyl sites for hydroxylation is 4. The number of hydrogen-bond acceptors (Lipinski definition) is 1. The third kappa shape index (κ3) is 3.84. The predicted molar refractivity (Wildman–Crippen MR) is 120 cm³/mol.